The molecule has 4 nitrogen and oxygen atoms in total. The zero-order valence-corrected chi connectivity index (χ0v) is 17.1. The Morgan fingerprint density at radius 1 is 1.14 bits per heavy atom. The largest absolute Gasteiger partial charge is 0.355 e. The zero-order chi connectivity index (χ0) is 20.1. The fourth-order valence-corrected chi connectivity index (χ4v) is 3.58. The van der Waals surface area contributed by atoms with E-state index in [-0.39, 0.29) is 11.7 Å². The molecule has 0 unspecified atom stereocenters. The number of aromatic nitrogens is 2. The first-order valence-corrected chi connectivity index (χ1v) is 10.3. The van der Waals surface area contributed by atoms with Crippen LogP contribution < -0.4 is 5.32 Å². The van der Waals surface area contributed by atoms with E-state index < -0.39 is 0 Å². The van der Waals surface area contributed by atoms with Crippen molar-refractivity contribution in [3.8, 4) is 11.4 Å². The number of carbonyl (C=O) groups is 1. The Labute approximate surface area is 169 Å². The van der Waals surface area contributed by atoms with Crippen molar-refractivity contribution in [3.63, 3.8) is 0 Å². The van der Waals surface area contributed by atoms with Gasteiger partial charge >= 0.3 is 0 Å². The van der Waals surface area contributed by atoms with Gasteiger partial charge in [-0.3, -0.25) is 4.79 Å². The van der Waals surface area contributed by atoms with E-state index >= 15 is 0 Å². The fourth-order valence-electron chi connectivity index (χ4n) is 2.74. The Balaban J connectivity index is 1.85. The van der Waals surface area contributed by atoms with Gasteiger partial charge in [0.2, 0.25) is 5.91 Å². The summed E-state index contributed by atoms with van der Waals surface area (Å²) in [5, 5.41) is 4.63. The van der Waals surface area contributed by atoms with Crippen molar-refractivity contribution in [3.05, 3.63) is 53.8 Å². The lowest BCUT2D eigenvalue weighted by molar-refractivity contribution is -0.118. The summed E-state index contributed by atoms with van der Waals surface area (Å²) in [4.78, 5) is 21.5. The second-order valence-electron chi connectivity index (χ2n) is 7.20. The van der Waals surface area contributed by atoms with E-state index in [0.717, 1.165) is 33.5 Å². The highest BCUT2D eigenvalue weighted by Crippen LogP contribution is 2.29. The SMILES string of the molecule is Cc1ccc2nc(-c3ccc(F)cc3)nc(SCC(=O)NCCC(C)C)c2c1. The van der Waals surface area contributed by atoms with Gasteiger partial charge in [0.15, 0.2) is 5.82 Å². The number of fused-ring (bicyclic) bond motifs is 1. The molecule has 0 aliphatic carbocycles. The lowest BCUT2D eigenvalue weighted by atomic mass is 10.1. The molecular formula is C22H24FN3OS. The van der Waals surface area contributed by atoms with Crippen LogP contribution in [0.3, 0.4) is 0 Å². The molecule has 1 heterocycles. The molecule has 0 spiro atoms. The molecular weight excluding hydrogens is 373 g/mol. The molecule has 2 aromatic carbocycles. The van der Waals surface area contributed by atoms with Gasteiger partial charge in [0.1, 0.15) is 10.8 Å². The average Bonchev–Trinajstić information content (AvgIpc) is 2.66. The summed E-state index contributed by atoms with van der Waals surface area (Å²) in [6.45, 7) is 6.96. The molecule has 0 saturated carbocycles. The van der Waals surface area contributed by atoms with Gasteiger partial charge in [-0.15, -0.1) is 0 Å². The smallest absolute Gasteiger partial charge is 0.230 e. The highest BCUT2D eigenvalue weighted by Gasteiger charge is 2.12. The summed E-state index contributed by atoms with van der Waals surface area (Å²) in [6, 6.07) is 12.1. The van der Waals surface area contributed by atoms with Crippen LogP contribution in [-0.2, 0) is 4.79 Å². The Bertz CT molecular complexity index is 973. The summed E-state index contributed by atoms with van der Waals surface area (Å²) < 4.78 is 13.3. The molecule has 0 aliphatic rings. The molecule has 1 N–H and O–H groups in total. The minimum absolute atomic E-state index is 0.00611. The van der Waals surface area contributed by atoms with Crippen molar-refractivity contribution < 1.29 is 9.18 Å². The maximum Gasteiger partial charge on any atom is 0.230 e. The molecule has 3 aromatic rings. The van der Waals surface area contributed by atoms with Crippen LogP contribution in [0, 0.1) is 18.7 Å². The molecule has 0 radical (unpaired) electrons. The maximum atomic E-state index is 13.3. The number of aryl methyl sites for hydroxylation is 1. The van der Waals surface area contributed by atoms with Crippen LogP contribution in [0.4, 0.5) is 4.39 Å². The van der Waals surface area contributed by atoms with Crippen molar-refractivity contribution in [2.45, 2.75) is 32.2 Å². The van der Waals surface area contributed by atoms with Crippen molar-refractivity contribution in [2.75, 3.05) is 12.3 Å². The average molecular weight is 398 g/mol. The number of hydrogen-bond acceptors (Lipinski definition) is 4. The van der Waals surface area contributed by atoms with Crippen LogP contribution in [0.1, 0.15) is 25.8 Å². The van der Waals surface area contributed by atoms with E-state index in [1.165, 1.54) is 23.9 Å². The summed E-state index contributed by atoms with van der Waals surface area (Å²) in [6.07, 6.45) is 0.959. The van der Waals surface area contributed by atoms with Crippen molar-refractivity contribution in [2.24, 2.45) is 5.92 Å². The van der Waals surface area contributed by atoms with Crippen LogP contribution in [-0.4, -0.2) is 28.2 Å². The first-order valence-electron chi connectivity index (χ1n) is 9.36. The standard InChI is InChI=1S/C22H24FN3OS/c1-14(2)10-11-24-20(27)13-28-22-18-12-15(3)4-9-19(18)25-21(26-22)16-5-7-17(23)8-6-16/h4-9,12,14H,10-11,13H2,1-3H3,(H,24,27). The molecule has 1 aromatic heterocycles. The molecule has 0 bridgehead atoms. The molecule has 3 rings (SSSR count). The molecule has 0 aliphatic heterocycles. The van der Waals surface area contributed by atoms with Crippen molar-refractivity contribution in [1.29, 1.82) is 0 Å². The maximum absolute atomic E-state index is 13.3. The number of hydrogen-bond donors (Lipinski definition) is 1. The van der Waals surface area contributed by atoms with Gasteiger partial charge in [0.05, 0.1) is 11.3 Å². The van der Waals surface area contributed by atoms with Crippen LogP contribution in [0.5, 0.6) is 0 Å². The molecule has 6 heteroatoms. The minimum Gasteiger partial charge on any atom is -0.355 e. The number of benzene rings is 2. The van der Waals surface area contributed by atoms with E-state index in [9.17, 15) is 9.18 Å². The molecule has 28 heavy (non-hydrogen) atoms. The monoisotopic (exact) mass is 397 g/mol. The van der Waals surface area contributed by atoms with Crippen LogP contribution in [0.15, 0.2) is 47.5 Å². The summed E-state index contributed by atoms with van der Waals surface area (Å²) in [5.41, 5.74) is 2.66. The van der Waals surface area contributed by atoms with Crippen LogP contribution in [0.25, 0.3) is 22.3 Å². The molecule has 1 amide bonds. The summed E-state index contributed by atoms with van der Waals surface area (Å²) >= 11 is 1.40. The minimum atomic E-state index is -0.298. The number of amides is 1. The number of thioether (sulfide) groups is 1. The summed E-state index contributed by atoms with van der Waals surface area (Å²) in [5.74, 6) is 1.07. The van der Waals surface area contributed by atoms with Gasteiger partial charge in [-0.1, -0.05) is 37.2 Å². The lowest BCUT2D eigenvalue weighted by Gasteiger charge is -2.10. The van der Waals surface area contributed by atoms with E-state index in [2.05, 4.69) is 29.1 Å². The second-order valence-corrected chi connectivity index (χ2v) is 8.17. The van der Waals surface area contributed by atoms with Crippen LogP contribution in [0.2, 0.25) is 0 Å². The Kier molecular flexibility index (Phi) is 6.62. The zero-order valence-electron chi connectivity index (χ0n) is 16.3. The van der Waals surface area contributed by atoms with Crippen molar-refractivity contribution >= 4 is 28.6 Å². The number of nitrogens with zero attached hydrogens (tertiary/aromatic N) is 2. The van der Waals surface area contributed by atoms with Crippen LogP contribution >= 0.6 is 11.8 Å². The topological polar surface area (TPSA) is 54.9 Å². The molecule has 146 valence electrons. The Hall–Kier alpha value is -2.47. The van der Waals surface area contributed by atoms with Crippen molar-refractivity contribution in [1.82, 2.24) is 15.3 Å². The van der Waals surface area contributed by atoms with Gasteiger partial charge in [-0.2, -0.15) is 0 Å². The summed E-state index contributed by atoms with van der Waals surface area (Å²) in [7, 11) is 0. The third-order valence-electron chi connectivity index (χ3n) is 4.30. The molecule has 0 atom stereocenters. The van der Waals surface area contributed by atoms with E-state index in [1.807, 2.05) is 25.1 Å². The number of carbonyl (C=O) groups excluding carboxylic acids is 1. The van der Waals surface area contributed by atoms with Gasteiger partial charge in [0.25, 0.3) is 0 Å². The van der Waals surface area contributed by atoms with Gasteiger partial charge in [-0.05, 0) is 55.7 Å². The Morgan fingerprint density at radius 3 is 2.61 bits per heavy atom. The predicted octanol–water partition coefficient (Wildman–Crippen LogP) is 5.00. The van der Waals surface area contributed by atoms with Gasteiger partial charge < -0.3 is 5.32 Å². The van der Waals surface area contributed by atoms with E-state index in [0.29, 0.717) is 24.0 Å². The third-order valence-corrected chi connectivity index (χ3v) is 5.29. The first-order chi connectivity index (χ1) is 13.4. The Morgan fingerprint density at radius 2 is 1.89 bits per heavy atom. The molecule has 0 saturated heterocycles. The second kappa shape index (κ2) is 9.15. The fraction of sp³-hybridized carbons (Fsp3) is 0.318. The third kappa shape index (κ3) is 5.29. The number of nitrogens with one attached hydrogen (secondary N) is 1. The highest BCUT2D eigenvalue weighted by atomic mass is 32.2. The molecule has 0 fully saturated rings. The number of rotatable bonds is 7. The van der Waals surface area contributed by atoms with E-state index in [4.69, 9.17) is 0 Å². The van der Waals surface area contributed by atoms with Gasteiger partial charge in [-0.25, -0.2) is 14.4 Å². The normalized spacial score (nSPS) is 11.2. The highest BCUT2D eigenvalue weighted by molar-refractivity contribution is 8.00. The quantitative estimate of drug-likeness (QED) is 0.450. The first kappa shape index (κ1) is 20.3. The van der Waals surface area contributed by atoms with E-state index in [1.54, 1.807) is 12.1 Å². The lowest BCUT2D eigenvalue weighted by Crippen LogP contribution is -2.26. The predicted molar refractivity (Wildman–Crippen MR) is 113 cm³/mol. The number of halogens is 1. The van der Waals surface area contributed by atoms with Gasteiger partial charge in [0, 0.05) is 17.5 Å².